The van der Waals surface area contributed by atoms with Crippen LogP contribution in [-0.4, -0.2) is 39.7 Å². The quantitative estimate of drug-likeness (QED) is 0.209. The minimum Gasteiger partial charge on any atom is -0.497 e. The number of thioether (sulfide) groups is 1. The van der Waals surface area contributed by atoms with Crippen molar-refractivity contribution in [3.63, 3.8) is 0 Å². The number of rotatable bonds is 8. The van der Waals surface area contributed by atoms with Gasteiger partial charge in [-0.3, -0.25) is 9.36 Å². The van der Waals surface area contributed by atoms with Crippen molar-refractivity contribution in [1.29, 1.82) is 0 Å². The van der Waals surface area contributed by atoms with E-state index in [9.17, 15) is 4.79 Å². The average Bonchev–Trinajstić information content (AvgIpc) is 3.28. The van der Waals surface area contributed by atoms with Gasteiger partial charge in [-0.25, -0.2) is 5.43 Å². The molecule has 4 aromatic rings. The van der Waals surface area contributed by atoms with Crippen LogP contribution in [-0.2, 0) is 4.79 Å². The number of benzene rings is 3. The van der Waals surface area contributed by atoms with Crippen LogP contribution in [0.5, 0.6) is 5.75 Å². The zero-order valence-corrected chi connectivity index (χ0v) is 20.2. The number of aryl methyl sites for hydroxylation is 1. The van der Waals surface area contributed by atoms with Crippen molar-refractivity contribution in [2.24, 2.45) is 5.10 Å². The number of methoxy groups -OCH3 is 1. The zero-order chi connectivity index (χ0) is 23.9. The molecule has 0 unspecified atom stereocenters. The van der Waals surface area contributed by atoms with Crippen molar-refractivity contribution >= 4 is 35.5 Å². The number of nitrogens with one attached hydrogen (secondary N) is 1. The summed E-state index contributed by atoms with van der Waals surface area (Å²) in [5.41, 5.74) is 6.32. The molecular weight excluding hydrogens is 470 g/mol. The smallest absolute Gasteiger partial charge is 0.250 e. The molecule has 0 bridgehead atoms. The molecule has 0 saturated carbocycles. The Morgan fingerprint density at radius 3 is 2.44 bits per heavy atom. The Kier molecular flexibility index (Phi) is 7.61. The largest absolute Gasteiger partial charge is 0.497 e. The number of hydrazone groups is 1. The Morgan fingerprint density at radius 1 is 1.06 bits per heavy atom. The van der Waals surface area contributed by atoms with Crippen LogP contribution in [0.4, 0.5) is 0 Å². The summed E-state index contributed by atoms with van der Waals surface area (Å²) in [6, 6.07) is 22.8. The van der Waals surface area contributed by atoms with E-state index in [2.05, 4.69) is 20.7 Å². The van der Waals surface area contributed by atoms with Gasteiger partial charge in [-0.2, -0.15) is 5.10 Å². The number of carbonyl (C=O) groups excluding carboxylic acids is 1. The fourth-order valence-corrected chi connectivity index (χ4v) is 3.98. The Hall–Kier alpha value is -3.62. The lowest BCUT2D eigenvalue weighted by atomic mass is 10.2. The van der Waals surface area contributed by atoms with E-state index in [1.54, 1.807) is 13.3 Å². The molecule has 4 rings (SSSR count). The number of hydrogen-bond donors (Lipinski definition) is 1. The number of carbonyl (C=O) groups is 1. The molecule has 0 aliphatic carbocycles. The zero-order valence-electron chi connectivity index (χ0n) is 18.6. The van der Waals surface area contributed by atoms with Crippen LogP contribution in [0.2, 0.25) is 5.02 Å². The lowest BCUT2D eigenvalue weighted by Gasteiger charge is -2.10. The van der Waals surface area contributed by atoms with Crippen LogP contribution in [0.3, 0.4) is 0 Å². The van der Waals surface area contributed by atoms with Gasteiger partial charge in [0, 0.05) is 16.3 Å². The molecule has 1 heterocycles. The van der Waals surface area contributed by atoms with E-state index in [-0.39, 0.29) is 11.7 Å². The highest BCUT2D eigenvalue weighted by Crippen LogP contribution is 2.28. The normalized spacial score (nSPS) is 11.0. The Bertz CT molecular complexity index is 1290. The standard InChI is InChI=1S/C25H22ClN5O2S/c1-17-3-11-21(12-4-17)31-24(19-7-9-20(26)10-8-19)29-30-25(31)34-16-23(32)28-27-15-18-5-13-22(33-2)14-6-18/h3-15H,16H2,1-2H3,(H,28,32)/b27-15+. The molecule has 0 spiro atoms. The summed E-state index contributed by atoms with van der Waals surface area (Å²) >= 11 is 7.33. The molecule has 34 heavy (non-hydrogen) atoms. The topological polar surface area (TPSA) is 81.4 Å². The summed E-state index contributed by atoms with van der Waals surface area (Å²) in [5, 5.41) is 14.0. The van der Waals surface area contributed by atoms with Gasteiger partial charge in [0.1, 0.15) is 5.75 Å². The van der Waals surface area contributed by atoms with E-state index >= 15 is 0 Å². The first kappa shape index (κ1) is 23.5. The van der Waals surface area contributed by atoms with Crippen LogP contribution in [0, 0.1) is 6.92 Å². The second-order valence-electron chi connectivity index (χ2n) is 7.34. The molecule has 1 amide bonds. The Balaban J connectivity index is 1.48. The van der Waals surface area contributed by atoms with E-state index in [1.165, 1.54) is 11.8 Å². The maximum atomic E-state index is 12.4. The highest BCUT2D eigenvalue weighted by molar-refractivity contribution is 7.99. The van der Waals surface area contributed by atoms with Gasteiger partial charge < -0.3 is 4.74 Å². The Labute approximate surface area is 206 Å². The number of amides is 1. The number of ether oxygens (including phenoxy) is 1. The Morgan fingerprint density at radius 2 is 1.76 bits per heavy atom. The van der Waals surface area contributed by atoms with Gasteiger partial charge in [0.15, 0.2) is 11.0 Å². The van der Waals surface area contributed by atoms with Gasteiger partial charge in [-0.05, 0) is 73.2 Å². The summed E-state index contributed by atoms with van der Waals surface area (Å²) in [4.78, 5) is 12.4. The first-order chi connectivity index (χ1) is 16.5. The molecule has 172 valence electrons. The molecule has 0 aliphatic heterocycles. The van der Waals surface area contributed by atoms with E-state index in [1.807, 2.05) is 84.3 Å². The molecule has 7 nitrogen and oxygen atoms in total. The van der Waals surface area contributed by atoms with Gasteiger partial charge in [-0.15, -0.1) is 10.2 Å². The highest BCUT2D eigenvalue weighted by Gasteiger charge is 2.17. The van der Waals surface area contributed by atoms with Crippen LogP contribution >= 0.6 is 23.4 Å². The van der Waals surface area contributed by atoms with Crippen molar-refractivity contribution in [1.82, 2.24) is 20.2 Å². The predicted molar refractivity (Wildman–Crippen MR) is 136 cm³/mol. The van der Waals surface area contributed by atoms with Crippen molar-refractivity contribution in [3.05, 3.63) is 88.9 Å². The van der Waals surface area contributed by atoms with Crippen molar-refractivity contribution in [2.75, 3.05) is 12.9 Å². The average molecular weight is 492 g/mol. The molecule has 0 saturated heterocycles. The molecule has 3 aromatic carbocycles. The molecule has 0 aliphatic rings. The van der Waals surface area contributed by atoms with E-state index in [0.29, 0.717) is 16.0 Å². The number of nitrogens with zero attached hydrogens (tertiary/aromatic N) is 4. The van der Waals surface area contributed by atoms with E-state index in [0.717, 1.165) is 28.1 Å². The third kappa shape index (κ3) is 5.84. The molecule has 1 N–H and O–H groups in total. The van der Waals surface area contributed by atoms with Crippen molar-refractivity contribution in [2.45, 2.75) is 12.1 Å². The predicted octanol–water partition coefficient (Wildman–Crippen LogP) is 5.15. The fraction of sp³-hybridized carbons (Fsp3) is 0.120. The van der Waals surface area contributed by atoms with E-state index < -0.39 is 0 Å². The number of hydrogen-bond acceptors (Lipinski definition) is 6. The van der Waals surface area contributed by atoms with E-state index in [4.69, 9.17) is 16.3 Å². The van der Waals surface area contributed by atoms with Gasteiger partial charge >= 0.3 is 0 Å². The summed E-state index contributed by atoms with van der Waals surface area (Å²) in [5.74, 6) is 1.31. The number of halogens is 1. The highest BCUT2D eigenvalue weighted by atomic mass is 35.5. The summed E-state index contributed by atoms with van der Waals surface area (Å²) in [6.07, 6.45) is 1.58. The van der Waals surface area contributed by atoms with Crippen molar-refractivity contribution in [3.8, 4) is 22.8 Å². The molecule has 9 heteroatoms. The van der Waals surface area contributed by atoms with Gasteiger partial charge in [-0.1, -0.05) is 41.1 Å². The maximum absolute atomic E-state index is 12.4. The summed E-state index contributed by atoms with van der Waals surface area (Å²) < 4.78 is 7.06. The van der Waals surface area contributed by atoms with Gasteiger partial charge in [0.25, 0.3) is 5.91 Å². The van der Waals surface area contributed by atoms with Crippen LogP contribution in [0.1, 0.15) is 11.1 Å². The van der Waals surface area contributed by atoms with Crippen LogP contribution in [0.25, 0.3) is 17.1 Å². The lowest BCUT2D eigenvalue weighted by Crippen LogP contribution is -2.20. The minimum absolute atomic E-state index is 0.130. The molecule has 1 aromatic heterocycles. The molecule has 0 atom stereocenters. The first-order valence-corrected chi connectivity index (χ1v) is 11.8. The van der Waals surface area contributed by atoms with Gasteiger partial charge in [0.2, 0.25) is 0 Å². The fourth-order valence-electron chi connectivity index (χ4n) is 3.11. The lowest BCUT2D eigenvalue weighted by molar-refractivity contribution is -0.118. The summed E-state index contributed by atoms with van der Waals surface area (Å²) in [6.45, 7) is 2.03. The molecular formula is C25H22ClN5O2S. The van der Waals surface area contributed by atoms with Crippen LogP contribution in [0.15, 0.2) is 83.1 Å². The maximum Gasteiger partial charge on any atom is 0.250 e. The second kappa shape index (κ2) is 11.0. The second-order valence-corrected chi connectivity index (χ2v) is 8.72. The van der Waals surface area contributed by atoms with Crippen LogP contribution < -0.4 is 10.2 Å². The van der Waals surface area contributed by atoms with Gasteiger partial charge in [0.05, 0.1) is 19.1 Å². The number of aromatic nitrogens is 3. The SMILES string of the molecule is COc1ccc(/C=N/NC(=O)CSc2nnc(-c3ccc(Cl)cc3)n2-c2ccc(C)cc2)cc1. The molecule has 0 fully saturated rings. The summed E-state index contributed by atoms with van der Waals surface area (Å²) in [7, 11) is 1.61. The third-order valence-electron chi connectivity index (χ3n) is 4.88. The van der Waals surface area contributed by atoms with Crippen molar-refractivity contribution < 1.29 is 9.53 Å². The monoisotopic (exact) mass is 491 g/mol. The first-order valence-electron chi connectivity index (χ1n) is 10.4. The molecule has 0 radical (unpaired) electrons. The minimum atomic E-state index is -0.249. The third-order valence-corrected chi connectivity index (χ3v) is 6.06.